The molecule has 0 fully saturated rings. The predicted octanol–water partition coefficient (Wildman–Crippen LogP) is 2.68. The van der Waals surface area contributed by atoms with E-state index in [2.05, 4.69) is 0 Å². The SMILES string of the molecule is COCCOc1cc(N)cc(Cl)c1C.Cl. The lowest BCUT2D eigenvalue weighted by molar-refractivity contribution is 0.146. The van der Waals surface area contributed by atoms with Crippen molar-refractivity contribution in [3.05, 3.63) is 22.7 Å². The summed E-state index contributed by atoms with van der Waals surface area (Å²) in [6.07, 6.45) is 0. The molecule has 0 saturated heterocycles. The average Bonchev–Trinajstić information content (AvgIpc) is 2.13. The van der Waals surface area contributed by atoms with E-state index in [-0.39, 0.29) is 12.4 Å². The van der Waals surface area contributed by atoms with Crippen molar-refractivity contribution in [2.45, 2.75) is 6.92 Å². The van der Waals surface area contributed by atoms with Crippen LogP contribution in [0.4, 0.5) is 5.69 Å². The summed E-state index contributed by atoms with van der Waals surface area (Å²) in [5, 5.41) is 0.623. The van der Waals surface area contributed by atoms with Crippen molar-refractivity contribution in [1.29, 1.82) is 0 Å². The Balaban J connectivity index is 0.00000196. The summed E-state index contributed by atoms with van der Waals surface area (Å²) in [5.74, 6) is 0.715. The zero-order valence-corrected chi connectivity index (χ0v) is 10.3. The zero-order valence-electron chi connectivity index (χ0n) is 8.75. The number of methoxy groups -OCH3 is 1. The van der Waals surface area contributed by atoms with Gasteiger partial charge in [-0.1, -0.05) is 11.6 Å². The average molecular weight is 252 g/mol. The second kappa shape index (κ2) is 6.77. The molecule has 0 aliphatic heterocycles. The topological polar surface area (TPSA) is 44.5 Å². The number of halogens is 2. The molecule has 0 bridgehead atoms. The molecule has 0 aromatic heterocycles. The van der Waals surface area contributed by atoms with Gasteiger partial charge in [-0.3, -0.25) is 0 Å². The summed E-state index contributed by atoms with van der Waals surface area (Å²) in [4.78, 5) is 0. The number of nitrogens with two attached hydrogens (primary N) is 1. The van der Waals surface area contributed by atoms with Gasteiger partial charge in [0.25, 0.3) is 0 Å². The van der Waals surface area contributed by atoms with E-state index >= 15 is 0 Å². The number of hydrogen-bond donors (Lipinski definition) is 1. The zero-order chi connectivity index (χ0) is 10.6. The van der Waals surface area contributed by atoms with Crippen LogP contribution in [0.25, 0.3) is 0 Å². The van der Waals surface area contributed by atoms with Gasteiger partial charge in [0.05, 0.1) is 6.61 Å². The Bertz CT molecular complexity index is 319. The highest BCUT2D eigenvalue weighted by atomic mass is 35.5. The monoisotopic (exact) mass is 251 g/mol. The van der Waals surface area contributed by atoms with Crippen molar-refractivity contribution >= 4 is 29.7 Å². The molecule has 3 nitrogen and oxygen atoms in total. The van der Waals surface area contributed by atoms with Crippen molar-refractivity contribution in [3.8, 4) is 5.75 Å². The van der Waals surface area contributed by atoms with Gasteiger partial charge in [0.2, 0.25) is 0 Å². The lowest BCUT2D eigenvalue weighted by Gasteiger charge is -2.10. The van der Waals surface area contributed by atoms with E-state index in [0.29, 0.717) is 29.7 Å². The molecular formula is C10H15Cl2NO2. The Hall–Kier alpha value is -0.640. The fourth-order valence-electron chi connectivity index (χ4n) is 1.06. The van der Waals surface area contributed by atoms with Crippen LogP contribution < -0.4 is 10.5 Å². The van der Waals surface area contributed by atoms with E-state index in [0.717, 1.165) is 5.56 Å². The largest absolute Gasteiger partial charge is 0.491 e. The van der Waals surface area contributed by atoms with E-state index in [1.807, 2.05) is 6.92 Å². The molecule has 1 aromatic carbocycles. The Kier molecular flexibility index (Phi) is 6.48. The van der Waals surface area contributed by atoms with Gasteiger partial charge in [-0.15, -0.1) is 12.4 Å². The Morgan fingerprint density at radius 1 is 1.33 bits per heavy atom. The first kappa shape index (κ1) is 14.4. The van der Waals surface area contributed by atoms with E-state index in [9.17, 15) is 0 Å². The fourth-order valence-corrected chi connectivity index (χ4v) is 1.28. The summed E-state index contributed by atoms with van der Waals surface area (Å²) < 4.78 is 10.3. The van der Waals surface area contributed by atoms with Crippen LogP contribution in [-0.2, 0) is 4.74 Å². The van der Waals surface area contributed by atoms with Gasteiger partial charge in [0, 0.05) is 29.4 Å². The van der Waals surface area contributed by atoms with Crippen molar-refractivity contribution in [1.82, 2.24) is 0 Å². The molecule has 0 spiro atoms. The molecule has 0 radical (unpaired) electrons. The number of benzene rings is 1. The Morgan fingerprint density at radius 3 is 2.60 bits per heavy atom. The van der Waals surface area contributed by atoms with Crippen molar-refractivity contribution in [3.63, 3.8) is 0 Å². The third-order valence-corrected chi connectivity index (χ3v) is 2.26. The summed E-state index contributed by atoms with van der Waals surface area (Å²) in [7, 11) is 1.63. The van der Waals surface area contributed by atoms with Gasteiger partial charge < -0.3 is 15.2 Å². The number of rotatable bonds is 4. The fraction of sp³-hybridized carbons (Fsp3) is 0.400. The molecule has 0 heterocycles. The molecule has 0 atom stereocenters. The van der Waals surface area contributed by atoms with E-state index < -0.39 is 0 Å². The standard InChI is InChI=1S/C10H14ClNO2.ClH/c1-7-9(11)5-8(12)6-10(7)14-4-3-13-2;/h5-6H,3-4,12H2,1-2H3;1H. The number of ether oxygens (including phenoxy) is 2. The van der Waals surface area contributed by atoms with Crippen LogP contribution in [0.3, 0.4) is 0 Å². The molecule has 1 aromatic rings. The summed E-state index contributed by atoms with van der Waals surface area (Å²) in [6.45, 7) is 2.94. The minimum absolute atomic E-state index is 0. The first-order valence-electron chi connectivity index (χ1n) is 4.32. The van der Waals surface area contributed by atoms with Crippen LogP contribution >= 0.6 is 24.0 Å². The maximum absolute atomic E-state index is 5.94. The Labute approximate surface area is 101 Å². The molecule has 5 heteroatoms. The highest BCUT2D eigenvalue weighted by Crippen LogP contribution is 2.28. The molecule has 0 saturated carbocycles. The Morgan fingerprint density at radius 2 is 2.00 bits per heavy atom. The first-order chi connectivity index (χ1) is 6.65. The minimum Gasteiger partial charge on any atom is -0.491 e. The minimum atomic E-state index is 0. The molecule has 0 aliphatic rings. The molecular weight excluding hydrogens is 237 g/mol. The summed E-state index contributed by atoms with van der Waals surface area (Å²) in [5.41, 5.74) is 7.14. The second-order valence-electron chi connectivity index (χ2n) is 2.97. The molecule has 2 N–H and O–H groups in total. The van der Waals surface area contributed by atoms with Crippen LogP contribution in [0.5, 0.6) is 5.75 Å². The van der Waals surface area contributed by atoms with E-state index in [4.69, 9.17) is 26.8 Å². The van der Waals surface area contributed by atoms with E-state index in [1.165, 1.54) is 0 Å². The first-order valence-corrected chi connectivity index (χ1v) is 4.70. The van der Waals surface area contributed by atoms with Crippen LogP contribution in [0.2, 0.25) is 5.02 Å². The maximum atomic E-state index is 5.94. The van der Waals surface area contributed by atoms with Crippen molar-refractivity contribution < 1.29 is 9.47 Å². The highest BCUT2D eigenvalue weighted by Gasteiger charge is 2.05. The van der Waals surface area contributed by atoms with Gasteiger partial charge in [-0.25, -0.2) is 0 Å². The molecule has 86 valence electrons. The summed E-state index contributed by atoms with van der Waals surface area (Å²) in [6, 6.07) is 3.47. The number of nitrogen functional groups attached to an aromatic ring is 1. The van der Waals surface area contributed by atoms with Gasteiger partial charge in [-0.2, -0.15) is 0 Å². The van der Waals surface area contributed by atoms with Crippen LogP contribution in [0, 0.1) is 6.92 Å². The van der Waals surface area contributed by atoms with Crippen LogP contribution in [0.1, 0.15) is 5.56 Å². The predicted molar refractivity (Wildman–Crippen MR) is 65.2 cm³/mol. The van der Waals surface area contributed by atoms with E-state index in [1.54, 1.807) is 19.2 Å². The van der Waals surface area contributed by atoms with Crippen molar-refractivity contribution in [2.24, 2.45) is 0 Å². The van der Waals surface area contributed by atoms with Crippen molar-refractivity contribution in [2.75, 3.05) is 26.1 Å². The molecule has 1 rings (SSSR count). The maximum Gasteiger partial charge on any atom is 0.125 e. The molecule has 0 unspecified atom stereocenters. The molecule has 0 aliphatic carbocycles. The smallest absolute Gasteiger partial charge is 0.125 e. The number of anilines is 1. The quantitative estimate of drug-likeness (QED) is 0.661. The summed E-state index contributed by atoms with van der Waals surface area (Å²) >= 11 is 5.94. The lowest BCUT2D eigenvalue weighted by Crippen LogP contribution is -2.05. The van der Waals surface area contributed by atoms with Gasteiger partial charge >= 0.3 is 0 Å². The van der Waals surface area contributed by atoms with Crippen LogP contribution in [-0.4, -0.2) is 20.3 Å². The van der Waals surface area contributed by atoms with Gasteiger partial charge in [0.15, 0.2) is 0 Å². The third kappa shape index (κ3) is 4.16. The molecule has 15 heavy (non-hydrogen) atoms. The number of hydrogen-bond acceptors (Lipinski definition) is 3. The van der Waals surface area contributed by atoms with Gasteiger partial charge in [0.1, 0.15) is 12.4 Å². The second-order valence-corrected chi connectivity index (χ2v) is 3.37. The van der Waals surface area contributed by atoms with Gasteiger partial charge in [-0.05, 0) is 13.0 Å². The normalized spacial score (nSPS) is 9.53. The highest BCUT2D eigenvalue weighted by molar-refractivity contribution is 6.31. The molecule has 0 amide bonds. The third-order valence-electron chi connectivity index (χ3n) is 1.86. The lowest BCUT2D eigenvalue weighted by atomic mass is 10.2. The van der Waals surface area contributed by atoms with Crippen LogP contribution in [0.15, 0.2) is 12.1 Å².